The van der Waals surface area contributed by atoms with E-state index in [1.807, 2.05) is 6.92 Å². The molecule has 1 saturated heterocycles. The maximum Gasteiger partial charge on any atom is 0.228 e. The Morgan fingerprint density at radius 3 is 2.78 bits per heavy atom. The van der Waals surface area contributed by atoms with Crippen molar-refractivity contribution in [2.24, 2.45) is 0 Å². The van der Waals surface area contributed by atoms with Crippen LogP contribution in [0.15, 0.2) is 24.3 Å². The molecule has 2 aliphatic rings. The van der Waals surface area contributed by atoms with E-state index in [2.05, 4.69) is 5.32 Å². The first kappa shape index (κ1) is 18.0. The average molecular weight is 368 g/mol. The molecule has 1 N–H and O–H groups in total. The molecule has 0 spiro atoms. The van der Waals surface area contributed by atoms with Crippen LogP contribution in [0.4, 0.5) is 10.2 Å². The largest absolute Gasteiger partial charge is 0.316 e. The van der Waals surface area contributed by atoms with Gasteiger partial charge in [0.2, 0.25) is 5.91 Å². The van der Waals surface area contributed by atoms with Crippen molar-refractivity contribution in [3.63, 3.8) is 0 Å². The minimum absolute atomic E-state index is 0.107. The van der Waals surface area contributed by atoms with E-state index in [-0.39, 0.29) is 11.7 Å². The number of aromatic nitrogens is 2. The number of anilines is 1. The average Bonchev–Trinajstić information content (AvgIpc) is 2.69. The highest BCUT2D eigenvalue weighted by Gasteiger charge is 2.29. The molecule has 27 heavy (non-hydrogen) atoms. The molecule has 2 aliphatic heterocycles. The number of nitrogens with zero attached hydrogens (tertiary/aromatic N) is 3. The zero-order chi connectivity index (χ0) is 18.8. The van der Waals surface area contributed by atoms with Gasteiger partial charge < -0.3 is 5.32 Å². The molecule has 0 saturated carbocycles. The number of hydrogen-bond donors (Lipinski definition) is 1. The number of piperidine rings is 1. The second-order valence-electron chi connectivity index (χ2n) is 7.43. The summed E-state index contributed by atoms with van der Waals surface area (Å²) in [7, 11) is 0. The first-order valence-corrected chi connectivity index (χ1v) is 9.75. The summed E-state index contributed by atoms with van der Waals surface area (Å²) in [5.74, 6) is 1.79. The number of nitrogens with one attached hydrogen (secondary N) is 1. The zero-order valence-corrected chi connectivity index (χ0v) is 15.7. The van der Waals surface area contributed by atoms with E-state index >= 15 is 0 Å². The molecule has 142 valence electrons. The fourth-order valence-electron chi connectivity index (χ4n) is 3.98. The summed E-state index contributed by atoms with van der Waals surface area (Å²) in [5.41, 5.74) is 3.08. The Morgan fingerprint density at radius 2 is 2.04 bits per heavy atom. The molecule has 0 aliphatic carbocycles. The molecule has 1 atom stereocenters. The molecule has 0 bridgehead atoms. The second-order valence-corrected chi connectivity index (χ2v) is 7.43. The number of hydrogen-bond acceptors (Lipinski definition) is 4. The number of carbonyl (C=O) groups excluding carboxylic acids is 1. The molecule has 5 nitrogen and oxygen atoms in total. The summed E-state index contributed by atoms with van der Waals surface area (Å²) >= 11 is 0. The maximum atomic E-state index is 13.1. The van der Waals surface area contributed by atoms with Gasteiger partial charge >= 0.3 is 0 Å². The number of fused-ring (bicyclic) bond motifs is 1. The molecule has 1 amide bonds. The number of amides is 1. The minimum atomic E-state index is -0.243. The lowest BCUT2D eigenvalue weighted by atomic mass is 9.97. The molecule has 0 radical (unpaired) electrons. The number of aryl methyl sites for hydroxylation is 1. The number of carbonyl (C=O) groups is 1. The van der Waals surface area contributed by atoms with Crippen LogP contribution in [-0.2, 0) is 17.6 Å². The first-order valence-electron chi connectivity index (χ1n) is 9.75. The first-order chi connectivity index (χ1) is 13.1. The zero-order valence-electron chi connectivity index (χ0n) is 15.7. The molecule has 6 heteroatoms. The summed E-state index contributed by atoms with van der Waals surface area (Å²) in [4.78, 5) is 24.0. The predicted octanol–water partition coefficient (Wildman–Crippen LogP) is 2.91. The van der Waals surface area contributed by atoms with Crippen molar-refractivity contribution in [2.75, 3.05) is 24.5 Å². The van der Waals surface area contributed by atoms with Gasteiger partial charge in [-0.05, 0) is 56.8 Å². The van der Waals surface area contributed by atoms with Crippen LogP contribution in [-0.4, -0.2) is 35.5 Å². The van der Waals surface area contributed by atoms with Gasteiger partial charge in [0.25, 0.3) is 0 Å². The van der Waals surface area contributed by atoms with Gasteiger partial charge in [-0.2, -0.15) is 0 Å². The van der Waals surface area contributed by atoms with Gasteiger partial charge in [-0.1, -0.05) is 12.1 Å². The summed E-state index contributed by atoms with van der Waals surface area (Å²) in [6.07, 6.45) is 4.07. The summed E-state index contributed by atoms with van der Waals surface area (Å²) in [5, 5.41) is 3.41. The molecule has 4 rings (SSSR count). The van der Waals surface area contributed by atoms with Crippen LogP contribution in [0.2, 0.25) is 0 Å². The molecule has 1 aromatic carbocycles. The molecule has 2 aromatic rings. The van der Waals surface area contributed by atoms with Gasteiger partial charge in [-0.3, -0.25) is 9.69 Å². The van der Waals surface area contributed by atoms with Crippen molar-refractivity contribution in [3.8, 4) is 0 Å². The Bertz CT molecular complexity index is 831. The standard InChI is InChI=1S/C21H25FN4O/c1-14-18-8-9-19(27)26(12-10-15-4-6-17(22)7-5-15)21(18)25-20(24-14)16-3-2-11-23-13-16/h4-7,16,23H,2-3,8-13H2,1H3. The van der Waals surface area contributed by atoms with Crippen LogP contribution in [0.5, 0.6) is 0 Å². The van der Waals surface area contributed by atoms with Gasteiger partial charge in [0.1, 0.15) is 17.5 Å². The van der Waals surface area contributed by atoms with Crippen LogP contribution < -0.4 is 10.2 Å². The van der Waals surface area contributed by atoms with Crippen LogP contribution in [0.25, 0.3) is 0 Å². The van der Waals surface area contributed by atoms with E-state index < -0.39 is 0 Å². The number of halogens is 1. The lowest BCUT2D eigenvalue weighted by molar-refractivity contribution is -0.118. The quantitative estimate of drug-likeness (QED) is 0.902. The molecular formula is C21H25FN4O. The molecular weight excluding hydrogens is 343 g/mol. The van der Waals surface area contributed by atoms with E-state index in [0.717, 1.165) is 54.4 Å². The van der Waals surface area contributed by atoms with Crippen LogP contribution in [0.1, 0.15) is 47.8 Å². The van der Waals surface area contributed by atoms with Gasteiger partial charge in [0.15, 0.2) is 0 Å². The molecule has 1 aromatic heterocycles. The maximum absolute atomic E-state index is 13.1. The van der Waals surface area contributed by atoms with Crippen molar-refractivity contribution >= 4 is 11.7 Å². The van der Waals surface area contributed by atoms with Gasteiger partial charge in [-0.25, -0.2) is 14.4 Å². The summed E-state index contributed by atoms with van der Waals surface area (Å²) in [6.45, 7) is 4.51. The van der Waals surface area contributed by atoms with E-state index in [9.17, 15) is 9.18 Å². The molecule has 1 fully saturated rings. The van der Waals surface area contributed by atoms with Crippen molar-refractivity contribution in [1.82, 2.24) is 15.3 Å². The van der Waals surface area contributed by atoms with Gasteiger partial charge in [0, 0.05) is 36.7 Å². The Hall–Kier alpha value is -2.34. The lowest BCUT2D eigenvalue weighted by Gasteiger charge is -2.31. The Balaban J connectivity index is 1.60. The Kier molecular flexibility index (Phi) is 5.16. The highest BCUT2D eigenvalue weighted by molar-refractivity contribution is 5.95. The summed E-state index contributed by atoms with van der Waals surface area (Å²) < 4.78 is 13.1. The Morgan fingerprint density at radius 1 is 1.22 bits per heavy atom. The van der Waals surface area contributed by atoms with Crippen molar-refractivity contribution in [2.45, 2.75) is 44.9 Å². The highest BCUT2D eigenvalue weighted by atomic mass is 19.1. The predicted molar refractivity (Wildman–Crippen MR) is 102 cm³/mol. The minimum Gasteiger partial charge on any atom is -0.316 e. The van der Waals surface area contributed by atoms with Crippen molar-refractivity contribution < 1.29 is 9.18 Å². The normalized spacial score (nSPS) is 19.9. The van der Waals surface area contributed by atoms with E-state index in [1.165, 1.54) is 12.1 Å². The van der Waals surface area contributed by atoms with Crippen LogP contribution in [0, 0.1) is 12.7 Å². The van der Waals surface area contributed by atoms with Crippen molar-refractivity contribution in [3.05, 3.63) is 52.7 Å². The summed E-state index contributed by atoms with van der Waals surface area (Å²) in [6, 6.07) is 6.47. The van der Waals surface area contributed by atoms with Crippen molar-refractivity contribution in [1.29, 1.82) is 0 Å². The second kappa shape index (κ2) is 7.72. The SMILES string of the molecule is Cc1nc(C2CCCNC2)nc2c1CCC(=O)N2CCc1ccc(F)cc1. The number of rotatable bonds is 4. The third-order valence-electron chi connectivity index (χ3n) is 5.55. The fourth-order valence-corrected chi connectivity index (χ4v) is 3.98. The van der Waals surface area contributed by atoms with E-state index in [1.54, 1.807) is 17.0 Å². The monoisotopic (exact) mass is 368 g/mol. The van der Waals surface area contributed by atoms with Crippen LogP contribution >= 0.6 is 0 Å². The molecule has 1 unspecified atom stereocenters. The topological polar surface area (TPSA) is 58.1 Å². The lowest BCUT2D eigenvalue weighted by Crippen LogP contribution is -2.39. The van der Waals surface area contributed by atoms with E-state index in [0.29, 0.717) is 31.7 Å². The molecule has 3 heterocycles. The third kappa shape index (κ3) is 3.86. The third-order valence-corrected chi connectivity index (χ3v) is 5.55. The highest BCUT2D eigenvalue weighted by Crippen LogP contribution is 2.31. The van der Waals surface area contributed by atoms with E-state index in [4.69, 9.17) is 9.97 Å². The van der Waals surface area contributed by atoms with Gasteiger partial charge in [-0.15, -0.1) is 0 Å². The smallest absolute Gasteiger partial charge is 0.228 e. The number of benzene rings is 1. The Labute approximate surface area is 159 Å². The fraction of sp³-hybridized carbons (Fsp3) is 0.476. The van der Waals surface area contributed by atoms with Gasteiger partial charge in [0.05, 0.1) is 0 Å². The van der Waals surface area contributed by atoms with Crippen LogP contribution in [0.3, 0.4) is 0 Å².